The molecular formula is C32H53BN6O6. The van der Waals surface area contributed by atoms with E-state index in [1.165, 1.54) is 19.3 Å². The van der Waals surface area contributed by atoms with Crippen molar-refractivity contribution >= 4 is 24.9 Å². The fraction of sp³-hybridized carbons (Fsp3) is 0.906. The summed E-state index contributed by atoms with van der Waals surface area (Å²) in [5, 5.41) is 16.4. The van der Waals surface area contributed by atoms with Gasteiger partial charge in [0, 0.05) is 12.0 Å². The fourth-order valence-corrected chi connectivity index (χ4v) is 10.7. The quantitative estimate of drug-likeness (QED) is 0.0637. The summed E-state index contributed by atoms with van der Waals surface area (Å²) in [6.07, 6.45) is 9.97. The smallest absolute Gasteiger partial charge is 0.404 e. The van der Waals surface area contributed by atoms with Gasteiger partial charge in [-0.05, 0) is 118 Å². The Morgan fingerprint density at radius 1 is 1.04 bits per heavy atom. The number of guanidine groups is 1. The average Bonchev–Trinajstić information content (AvgIpc) is 3.30. The molecule has 1 saturated heterocycles. The Kier molecular flexibility index (Phi) is 8.67. The van der Waals surface area contributed by atoms with Crippen LogP contribution in [-0.4, -0.2) is 60.2 Å². The van der Waals surface area contributed by atoms with Crippen molar-refractivity contribution in [1.82, 2.24) is 16.1 Å². The minimum Gasteiger partial charge on any atom is -0.404 e. The van der Waals surface area contributed by atoms with Gasteiger partial charge in [0.25, 0.3) is 5.96 Å². The molecule has 250 valence electrons. The molecule has 6 bridgehead atoms. The molecule has 0 aromatic rings. The normalized spacial score (nSPS) is 38.7. The van der Waals surface area contributed by atoms with E-state index in [0.717, 1.165) is 32.1 Å². The van der Waals surface area contributed by atoms with Gasteiger partial charge in [0.2, 0.25) is 11.8 Å². The molecular weight excluding hydrogens is 575 g/mol. The average molecular weight is 629 g/mol. The minimum atomic E-state index is -0.772. The second-order valence-corrected chi connectivity index (χ2v) is 16.6. The zero-order valence-electron chi connectivity index (χ0n) is 27.7. The molecule has 2 amide bonds. The number of nitrogens with zero attached hydrogens (tertiary/aromatic N) is 2. The molecule has 8 rings (SSSR count). The number of amides is 2. The Labute approximate surface area is 267 Å². The number of aliphatic imine (C=N–C) groups is 1. The first-order valence-corrected chi connectivity index (χ1v) is 17.3. The van der Waals surface area contributed by atoms with Gasteiger partial charge in [0.15, 0.2) is 5.03 Å². The van der Waals surface area contributed by atoms with Gasteiger partial charge in [-0.3, -0.25) is 9.59 Å². The van der Waals surface area contributed by atoms with Gasteiger partial charge in [0.1, 0.15) is 6.04 Å². The van der Waals surface area contributed by atoms with E-state index in [0.29, 0.717) is 48.9 Å². The topological polar surface area (TPSA) is 170 Å². The van der Waals surface area contributed by atoms with E-state index in [1.54, 1.807) is 0 Å². The molecule has 7 aliphatic carbocycles. The number of nitro groups is 1. The summed E-state index contributed by atoms with van der Waals surface area (Å²) >= 11 is 0. The fourth-order valence-electron chi connectivity index (χ4n) is 10.7. The van der Waals surface area contributed by atoms with Crippen LogP contribution in [0.3, 0.4) is 0 Å². The van der Waals surface area contributed by atoms with Crippen LogP contribution in [-0.2, 0) is 18.9 Å². The maximum atomic E-state index is 14.1. The number of hydrogen-bond donors (Lipinski definition) is 4. The van der Waals surface area contributed by atoms with E-state index in [2.05, 4.69) is 50.2 Å². The summed E-state index contributed by atoms with van der Waals surface area (Å²) in [5.74, 6) is 2.23. The van der Waals surface area contributed by atoms with Crippen molar-refractivity contribution in [2.75, 3.05) is 6.54 Å². The van der Waals surface area contributed by atoms with Gasteiger partial charge in [0.05, 0.1) is 17.6 Å². The van der Waals surface area contributed by atoms with Crippen LogP contribution in [0.2, 0.25) is 0 Å². The van der Waals surface area contributed by atoms with E-state index in [9.17, 15) is 19.7 Å². The van der Waals surface area contributed by atoms with Crippen LogP contribution in [0.15, 0.2) is 4.99 Å². The van der Waals surface area contributed by atoms with Crippen molar-refractivity contribution in [2.24, 2.45) is 57.1 Å². The first kappa shape index (κ1) is 32.5. The lowest BCUT2D eigenvalue weighted by Gasteiger charge is -2.64. The van der Waals surface area contributed by atoms with Gasteiger partial charge < -0.3 is 25.7 Å². The Balaban J connectivity index is 1.16. The first-order chi connectivity index (χ1) is 21.2. The highest BCUT2D eigenvalue weighted by Gasteiger charge is 2.68. The maximum Gasteiger partial charge on any atom is 0.481 e. The third-order valence-corrected chi connectivity index (χ3v) is 12.6. The molecule has 0 radical (unpaired) electrons. The number of nitrogens with two attached hydrogens (primary N) is 1. The van der Waals surface area contributed by atoms with Gasteiger partial charge >= 0.3 is 7.12 Å². The zero-order chi connectivity index (χ0) is 32.3. The molecule has 0 spiro atoms. The standard InChI is InChI=1S/C32H53BN6O6/c1-18(2)9-26(33-44-25-14-22-13-24(30(22,3)4)31(25,5)45-33)37-27(40)23(7-6-8-35-29(34)38-39(42)43)36-28(41)32-15-19-10-20(16-32)12-21(11-19)17-32/h18-26H,6-17H2,1-5H3,(H,36,41)(H,37,40)(H3,34,35,38)/t19?,20?,21?,22-,23+,24-,25-,26+,31+,32?/m1/s1. The Morgan fingerprint density at radius 3 is 2.27 bits per heavy atom. The molecule has 45 heavy (non-hydrogen) atoms. The Hall–Kier alpha value is -2.41. The lowest BCUT2D eigenvalue weighted by atomic mass is 9.43. The summed E-state index contributed by atoms with van der Waals surface area (Å²) in [4.78, 5) is 42.8. The van der Waals surface area contributed by atoms with Gasteiger partial charge in [-0.25, -0.2) is 15.1 Å². The van der Waals surface area contributed by atoms with Crippen LogP contribution in [0.1, 0.15) is 105 Å². The van der Waals surface area contributed by atoms with Crippen LogP contribution in [0, 0.1) is 56.5 Å². The zero-order valence-corrected chi connectivity index (χ0v) is 27.7. The molecule has 7 saturated carbocycles. The number of nitrogens with one attached hydrogen (secondary N) is 3. The maximum absolute atomic E-state index is 14.1. The van der Waals surface area contributed by atoms with Gasteiger partial charge in [-0.2, -0.15) is 0 Å². The predicted molar refractivity (Wildman–Crippen MR) is 170 cm³/mol. The summed E-state index contributed by atoms with van der Waals surface area (Å²) in [5.41, 5.74) is 6.88. The lowest BCUT2D eigenvalue weighted by Crippen LogP contribution is -2.65. The van der Waals surface area contributed by atoms with Crippen molar-refractivity contribution < 1.29 is 23.9 Å². The largest absolute Gasteiger partial charge is 0.481 e. The van der Waals surface area contributed by atoms with Crippen LogP contribution < -0.4 is 21.8 Å². The van der Waals surface area contributed by atoms with Crippen LogP contribution in [0.5, 0.6) is 0 Å². The van der Waals surface area contributed by atoms with Crippen molar-refractivity contribution in [3.8, 4) is 0 Å². The number of hydrazine groups is 1. The summed E-state index contributed by atoms with van der Waals surface area (Å²) in [6.45, 7) is 11.3. The molecule has 5 N–H and O–H groups in total. The first-order valence-electron chi connectivity index (χ1n) is 17.3. The molecule has 1 aliphatic heterocycles. The molecule has 6 atom stereocenters. The van der Waals surface area contributed by atoms with Crippen LogP contribution in [0.25, 0.3) is 0 Å². The van der Waals surface area contributed by atoms with Crippen LogP contribution >= 0.6 is 0 Å². The Morgan fingerprint density at radius 2 is 1.69 bits per heavy atom. The van der Waals surface area contributed by atoms with E-state index in [4.69, 9.17) is 15.0 Å². The second-order valence-electron chi connectivity index (χ2n) is 16.6. The van der Waals surface area contributed by atoms with Crippen molar-refractivity contribution in [1.29, 1.82) is 0 Å². The Bertz CT molecular complexity index is 1180. The SMILES string of the molecule is CC(C)C[C@H](NC(=O)[C@H](CCCN=C(N)N[N+](=O)[O-])NC(=O)C12CC3CC(CC(C3)C1)C2)B1O[C@@H]2C[C@H]3C[C@H](C3(C)C)[C@]2(C)O1. The molecule has 0 aromatic heterocycles. The summed E-state index contributed by atoms with van der Waals surface area (Å²) < 4.78 is 13.4. The molecule has 8 aliphatic rings. The van der Waals surface area contributed by atoms with Crippen molar-refractivity contribution in [3.05, 3.63) is 10.1 Å². The van der Waals surface area contributed by atoms with E-state index in [1.807, 2.05) is 5.43 Å². The minimum absolute atomic E-state index is 0.00547. The number of carbonyl (C=O) groups is 2. The molecule has 0 aromatic carbocycles. The highest BCUT2D eigenvalue weighted by atomic mass is 16.7. The molecule has 8 fully saturated rings. The third-order valence-electron chi connectivity index (χ3n) is 12.6. The van der Waals surface area contributed by atoms with Gasteiger partial charge in [-0.1, -0.05) is 33.1 Å². The lowest BCUT2D eigenvalue weighted by molar-refractivity contribution is -0.525. The van der Waals surface area contributed by atoms with Crippen molar-refractivity contribution in [2.45, 2.75) is 129 Å². The highest BCUT2D eigenvalue weighted by molar-refractivity contribution is 6.48. The second kappa shape index (κ2) is 12.0. The number of hydrogen-bond acceptors (Lipinski definition) is 7. The third kappa shape index (κ3) is 6.20. The summed E-state index contributed by atoms with van der Waals surface area (Å²) in [7, 11) is -0.557. The molecule has 1 heterocycles. The highest BCUT2D eigenvalue weighted by Crippen LogP contribution is 2.66. The predicted octanol–water partition coefficient (Wildman–Crippen LogP) is 3.36. The molecule has 12 nitrogen and oxygen atoms in total. The van der Waals surface area contributed by atoms with E-state index in [-0.39, 0.29) is 53.3 Å². The van der Waals surface area contributed by atoms with E-state index >= 15 is 0 Å². The molecule has 0 unspecified atom stereocenters. The number of rotatable bonds is 12. The molecule has 13 heteroatoms. The van der Waals surface area contributed by atoms with E-state index < -0.39 is 23.6 Å². The van der Waals surface area contributed by atoms with Gasteiger partial charge in [-0.15, -0.1) is 0 Å². The van der Waals surface area contributed by atoms with Crippen LogP contribution in [0.4, 0.5) is 0 Å². The monoisotopic (exact) mass is 628 g/mol. The van der Waals surface area contributed by atoms with Crippen molar-refractivity contribution in [3.63, 3.8) is 0 Å². The number of carbonyl (C=O) groups excluding carboxylic acids is 2. The summed E-state index contributed by atoms with van der Waals surface area (Å²) in [6, 6.07) is -0.772.